The number of nitrogens with zero attached hydrogens (tertiary/aromatic N) is 3. The minimum atomic E-state index is 0.670. The largest absolute Gasteiger partial charge is 0.372 e. The summed E-state index contributed by atoms with van der Waals surface area (Å²) in [6, 6.07) is 13.8. The lowest BCUT2D eigenvalue weighted by molar-refractivity contribution is 1.15. The second kappa shape index (κ2) is 6.01. The van der Waals surface area contributed by atoms with Crippen LogP contribution >= 0.6 is 15.9 Å². The molecule has 4 nitrogen and oxygen atoms in total. The van der Waals surface area contributed by atoms with Crippen LogP contribution in [0.2, 0.25) is 0 Å². The van der Waals surface area contributed by atoms with Gasteiger partial charge in [-0.2, -0.15) is 0 Å². The Morgan fingerprint density at radius 1 is 0.905 bits per heavy atom. The van der Waals surface area contributed by atoms with Gasteiger partial charge in [-0.1, -0.05) is 30.3 Å². The van der Waals surface area contributed by atoms with Gasteiger partial charge in [0.1, 0.15) is 5.82 Å². The van der Waals surface area contributed by atoms with Crippen molar-refractivity contribution < 1.29 is 0 Å². The van der Waals surface area contributed by atoms with E-state index in [0.29, 0.717) is 5.82 Å². The molecule has 0 unspecified atom stereocenters. The minimum Gasteiger partial charge on any atom is -0.372 e. The minimum absolute atomic E-state index is 0.670. The summed E-state index contributed by atoms with van der Waals surface area (Å²) >= 11 is 3.59. The van der Waals surface area contributed by atoms with Crippen LogP contribution in [0.15, 0.2) is 59.3 Å². The Balaban J connectivity index is 2.21. The lowest BCUT2D eigenvalue weighted by Gasteiger charge is -2.11. The monoisotopic (exact) mass is 340 g/mol. The highest BCUT2D eigenvalue weighted by atomic mass is 79.9. The summed E-state index contributed by atoms with van der Waals surface area (Å²) in [5.74, 6) is 1.43. The van der Waals surface area contributed by atoms with Crippen molar-refractivity contribution in [1.29, 1.82) is 0 Å². The predicted molar refractivity (Wildman–Crippen MR) is 87.9 cm³/mol. The third kappa shape index (κ3) is 2.78. The molecule has 1 N–H and O–H groups in total. The summed E-state index contributed by atoms with van der Waals surface area (Å²) in [5, 5.41) is 3.10. The van der Waals surface area contributed by atoms with E-state index in [0.717, 1.165) is 27.1 Å². The van der Waals surface area contributed by atoms with E-state index >= 15 is 0 Å². The number of pyridine rings is 1. The predicted octanol–water partition coefficient (Wildman–Crippen LogP) is 4.01. The lowest BCUT2D eigenvalue weighted by atomic mass is 10.1. The number of nitrogens with one attached hydrogen (secondary N) is 1. The highest BCUT2D eigenvalue weighted by Gasteiger charge is 2.14. The van der Waals surface area contributed by atoms with Gasteiger partial charge in [0.2, 0.25) is 0 Å². The molecule has 0 aliphatic rings. The van der Waals surface area contributed by atoms with Crippen LogP contribution in [0.5, 0.6) is 0 Å². The molecular formula is C16H13BrN4. The number of hydrogen-bond donors (Lipinski definition) is 1. The average molecular weight is 341 g/mol. The van der Waals surface area contributed by atoms with E-state index < -0.39 is 0 Å². The first-order chi connectivity index (χ1) is 10.3. The highest BCUT2D eigenvalue weighted by Crippen LogP contribution is 2.33. The number of hydrogen-bond acceptors (Lipinski definition) is 4. The molecule has 0 aliphatic carbocycles. The molecule has 0 bridgehead atoms. The van der Waals surface area contributed by atoms with Gasteiger partial charge >= 0.3 is 0 Å². The van der Waals surface area contributed by atoms with Crippen LogP contribution in [0.3, 0.4) is 0 Å². The van der Waals surface area contributed by atoms with Crippen molar-refractivity contribution in [3.63, 3.8) is 0 Å². The van der Waals surface area contributed by atoms with Crippen LogP contribution in [0.4, 0.5) is 5.82 Å². The number of benzene rings is 1. The van der Waals surface area contributed by atoms with Gasteiger partial charge in [0, 0.05) is 30.6 Å². The summed E-state index contributed by atoms with van der Waals surface area (Å²) < 4.78 is 0.856. The summed E-state index contributed by atoms with van der Waals surface area (Å²) in [4.78, 5) is 13.3. The van der Waals surface area contributed by atoms with Crippen LogP contribution in [-0.4, -0.2) is 22.0 Å². The SMILES string of the molecule is CNc1nc(-c2ccncc2)nc(-c2ccccc2)c1Br. The maximum absolute atomic E-state index is 4.70. The maximum Gasteiger partial charge on any atom is 0.162 e. The molecule has 0 spiro atoms. The molecule has 0 radical (unpaired) electrons. The van der Waals surface area contributed by atoms with E-state index in [-0.39, 0.29) is 0 Å². The van der Waals surface area contributed by atoms with E-state index in [1.54, 1.807) is 12.4 Å². The molecule has 0 amide bonds. The number of rotatable bonds is 3. The molecule has 3 rings (SSSR count). The fourth-order valence-corrected chi connectivity index (χ4v) is 2.63. The van der Waals surface area contributed by atoms with Crippen molar-refractivity contribution in [3.8, 4) is 22.6 Å². The van der Waals surface area contributed by atoms with Gasteiger partial charge in [0.25, 0.3) is 0 Å². The molecule has 104 valence electrons. The average Bonchev–Trinajstić information content (AvgIpc) is 2.56. The first-order valence-corrected chi connectivity index (χ1v) is 7.30. The van der Waals surface area contributed by atoms with Crippen LogP contribution in [0.25, 0.3) is 22.6 Å². The summed E-state index contributed by atoms with van der Waals surface area (Å²) in [7, 11) is 1.85. The molecule has 2 heterocycles. The van der Waals surface area contributed by atoms with Gasteiger partial charge in [-0.25, -0.2) is 9.97 Å². The molecule has 0 fully saturated rings. The Morgan fingerprint density at radius 2 is 1.62 bits per heavy atom. The van der Waals surface area contributed by atoms with Crippen molar-refractivity contribution in [3.05, 3.63) is 59.3 Å². The standard InChI is InChI=1S/C16H13BrN4/c1-18-16-13(17)14(11-5-3-2-4-6-11)20-15(21-16)12-7-9-19-10-8-12/h2-10H,1H3,(H,18,20,21). The van der Waals surface area contributed by atoms with E-state index in [4.69, 9.17) is 4.98 Å². The Hall–Kier alpha value is -2.27. The maximum atomic E-state index is 4.70. The normalized spacial score (nSPS) is 10.4. The molecule has 21 heavy (non-hydrogen) atoms. The summed E-state index contributed by atoms with van der Waals surface area (Å²) in [6.07, 6.45) is 3.48. The molecular weight excluding hydrogens is 328 g/mol. The van der Waals surface area contributed by atoms with Gasteiger partial charge in [0.15, 0.2) is 5.82 Å². The van der Waals surface area contributed by atoms with Gasteiger partial charge < -0.3 is 5.32 Å². The third-order valence-corrected chi connectivity index (χ3v) is 3.82. The van der Waals surface area contributed by atoms with E-state index in [2.05, 4.69) is 31.2 Å². The molecule has 1 aromatic carbocycles. The van der Waals surface area contributed by atoms with Crippen LogP contribution < -0.4 is 5.32 Å². The summed E-state index contributed by atoms with van der Waals surface area (Å²) in [6.45, 7) is 0. The molecule has 0 saturated heterocycles. The Bertz CT molecular complexity index is 745. The van der Waals surface area contributed by atoms with Crippen molar-refractivity contribution in [2.24, 2.45) is 0 Å². The van der Waals surface area contributed by atoms with Crippen molar-refractivity contribution >= 4 is 21.7 Å². The molecule has 0 aliphatic heterocycles. The van der Waals surface area contributed by atoms with E-state index in [9.17, 15) is 0 Å². The first kappa shape index (κ1) is 13.7. The summed E-state index contributed by atoms with van der Waals surface area (Å²) in [5.41, 5.74) is 2.84. The Labute approximate surface area is 131 Å². The number of anilines is 1. The molecule has 3 aromatic rings. The number of halogens is 1. The van der Waals surface area contributed by atoms with Gasteiger partial charge in [-0.15, -0.1) is 0 Å². The fraction of sp³-hybridized carbons (Fsp3) is 0.0625. The lowest BCUT2D eigenvalue weighted by Crippen LogP contribution is -2.01. The molecule has 2 aromatic heterocycles. The highest BCUT2D eigenvalue weighted by molar-refractivity contribution is 9.10. The van der Waals surface area contributed by atoms with Crippen LogP contribution in [0.1, 0.15) is 0 Å². The first-order valence-electron chi connectivity index (χ1n) is 6.50. The van der Waals surface area contributed by atoms with Crippen molar-refractivity contribution in [2.75, 3.05) is 12.4 Å². The van der Waals surface area contributed by atoms with Gasteiger partial charge in [-0.3, -0.25) is 4.98 Å². The van der Waals surface area contributed by atoms with Crippen LogP contribution in [-0.2, 0) is 0 Å². The molecule has 5 heteroatoms. The van der Waals surface area contributed by atoms with Gasteiger partial charge in [-0.05, 0) is 28.1 Å². The smallest absolute Gasteiger partial charge is 0.162 e. The zero-order valence-electron chi connectivity index (χ0n) is 11.4. The van der Waals surface area contributed by atoms with Crippen molar-refractivity contribution in [2.45, 2.75) is 0 Å². The number of aromatic nitrogens is 3. The quantitative estimate of drug-likeness (QED) is 0.782. The second-order valence-corrected chi connectivity index (χ2v) is 5.20. The third-order valence-electron chi connectivity index (χ3n) is 3.07. The molecule has 0 saturated carbocycles. The van der Waals surface area contributed by atoms with E-state index in [1.807, 2.05) is 49.5 Å². The molecule has 0 atom stereocenters. The topological polar surface area (TPSA) is 50.7 Å². The Morgan fingerprint density at radius 3 is 2.29 bits per heavy atom. The van der Waals surface area contributed by atoms with Gasteiger partial charge in [0.05, 0.1) is 10.2 Å². The zero-order valence-corrected chi connectivity index (χ0v) is 13.0. The zero-order chi connectivity index (χ0) is 14.7. The second-order valence-electron chi connectivity index (χ2n) is 4.41. The van der Waals surface area contributed by atoms with Crippen LogP contribution in [0, 0.1) is 0 Å². The van der Waals surface area contributed by atoms with Crippen molar-refractivity contribution in [1.82, 2.24) is 15.0 Å². The fourth-order valence-electron chi connectivity index (χ4n) is 2.03. The Kier molecular flexibility index (Phi) is 3.92. The van der Waals surface area contributed by atoms with E-state index in [1.165, 1.54) is 0 Å².